The van der Waals surface area contributed by atoms with Gasteiger partial charge in [-0.1, -0.05) is 6.92 Å². The van der Waals surface area contributed by atoms with Gasteiger partial charge in [0, 0.05) is 24.0 Å². The number of aromatic amines is 1. The molecule has 2 heterocycles. The summed E-state index contributed by atoms with van der Waals surface area (Å²) in [7, 11) is 0. The van der Waals surface area contributed by atoms with Crippen LogP contribution in [0.15, 0.2) is 30.9 Å². The first kappa shape index (κ1) is 9.86. The molecular weight excluding hydrogens is 190 g/mol. The maximum absolute atomic E-state index is 8.99. The average molecular weight is 203 g/mol. The van der Waals surface area contributed by atoms with E-state index in [-0.39, 0.29) is 12.5 Å². The summed E-state index contributed by atoms with van der Waals surface area (Å²) in [5.41, 5.74) is 2.88. The predicted octanol–water partition coefficient (Wildman–Crippen LogP) is 1.45. The van der Waals surface area contributed by atoms with Crippen LogP contribution in [0.3, 0.4) is 0 Å². The summed E-state index contributed by atoms with van der Waals surface area (Å²) in [6.07, 6.45) is 5.19. The number of aliphatic hydroxyl groups is 1. The maximum atomic E-state index is 8.99. The molecule has 0 saturated heterocycles. The van der Waals surface area contributed by atoms with Crippen LogP contribution >= 0.6 is 0 Å². The van der Waals surface area contributed by atoms with E-state index in [2.05, 4.69) is 21.9 Å². The molecule has 0 amide bonds. The Morgan fingerprint density at radius 2 is 2.40 bits per heavy atom. The first-order chi connectivity index (χ1) is 7.31. The molecule has 0 unspecified atom stereocenters. The van der Waals surface area contributed by atoms with Gasteiger partial charge in [0.25, 0.3) is 0 Å². The molecule has 15 heavy (non-hydrogen) atoms. The van der Waals surface area contributed by atoms with E-state index in [1.165, 1.54) is 0 Å². The minimum absolute atomic E-state index is 0.0243. The first-order valence-electron chi connectivity index (χ1n) is 4.85. The normalized spacial score (nSPS) is 12.7. The van der Waals surface area contributed by atoms with Crippen LogP contribution in [0.25, 0.3) is 0 Å². The molecular formula is C11H13N3O. The van der Waals surface area contributed by atoms with Gasteiger partial charge >= 0.3 is 0 Å². The molecule has 2 aromatic heterocycles. The van der Waals surface area contributed by atoms with Gasteiger partial charge in [-0.15, -0.1) is 0 Å². The molecule has 2 aromatic rings. The van der Waals surface area contributed by atoms with Crippen molar-refractivity contribution in [2.24, 2.45) is 0 Å². The highest BCUT2D eigenvalue weighted by Gasteiger charge is 2.09. The van der Waals surface area contributed by atoms with Gasteiger partial charge in [-0.3, -0.25) is 4.98 Å². The molecule has 1 atom stereocenters. The zero-order valence-corrected chi connectivity index (χ0v) is 8.51. The van der Waals surface area contributed by atoms with E-state index in [4.69, 9.17) is 5.11 Å². The molecule has 4 nitrogen and oxygen atoms in total. The Balaban J connectivity index is 2.29. The molecule has 78 valence electrons. The number of pyridine rings is 1. The first-order valence-corrected chi connectivity index (χ1v) is 4.85. The molecule has 0 saturated carbocycles. The monoisotopic (exact) mass is 203 g/mol. The summed E-state index contributed by atoms with van der Waals surface area (Å²) in [6.45, 7) is 2.06. The van der Waals surface area contributed by atoms with Crippen molar-refractivity contribution in [1.29, 1.82) is 0 Å². The van der Waals surface area contributed by atoms with E-state index in [9.17, 15) is 0 Å². The number of aliphatic hydroxyl groups excluding tert-OH is 1. The summed E-state index contributed by atoms with van der Waals surface area (Å²) in [5, 5.41) is 8.99. The van der Waals surface area contributed by atoms with Gasteiger partial charge in [0.1, 0.15) is 0 Å². The lowest BCUT2D eigenvalue weighted by Gasteiger charge is -2.10. The summed E-state index contributed by atoms with van der Waals surface area (Å²) >= 11 is 0. The van der Waals surface area contributed by atoms with Crippen LogP contribution in [-0.4, -0.2) is 20.1 Å². The molecule has 2 N–H and O–H groups in total. The summed E-state index contributed by atoms with van der Waals surface area (Å²) in [6, 6.07) is 3.86. The van der Waals surface area contributed by atoms with E-state index in [1.54, 1.807) is 12.5 Å². The number of rotatable bonds is 3. The number of hydrogen-bond donors (Lipinski definition) is 2. The number of H-pyrrole nitrogens is 1. The van der Waals surface area contributed by atoms with E-state index < -0.39 is 0 Å². The smallest absolute Gasteiger partial charge is 0.0921 e. The number of nitrogens with one attached hydrogen (secondary N) is 1. The second-order valence-electron chi connectivity index (χ2n) is 3.47. The third-order valence-corrected chi connectivity index (χ3v) is 2.49. The predicted molar refractivity (Wildman–Crippen MR) is 56.3 cm³/mol. The number of aromatic nitrogens is 3. The number of nitrogens with zero attached hydrogens (tertiary/aromatic N) is 2. The van der Waals surface area contributed by atoms with Crippen molar-refractivity contribution in [3.63, 3.8) is 0 Å². The SMILES string of the molecule is C[C@@H](c1ccnc(CO)c1)c1cnc[nH]1. The summed E-state index contributed by atoms with van der Waals surface area (Å²) in [5.74, 6) is 0.237. The Morgan fingerprint density at radius 1 is 1.53 bits per heavy atom. The lowest BCUT2D eigenvalue weighted by Crippen LogP contribution is -1.99. The van der Waals surface area contributed by atoms with Crippen molar-refractivity contribution in [1.82, 2.24) is 15.0 Å². The molecule has 0 fully saturated rings. The standard InChI is InChI=1S/C11H13N3O/c1-8(11-5-12-7-14-11)9-2-3-13-10(4-9)6-15/h2-5,7-8,15H,6H2,1H3,(H,12,14)/t8-/m0/s1. The van der Waals surface area contributed by atoms with Crippen molar-refractivity contribution >= 4 is 0 Å². The van der Waals surface area contributed by atoms with Gasteiger partial charge in [-0.2, -0.15) is 0 Å². The molecule has 0 aliphatic rings. The second kappa shape index (κ2) is 4.23. The Morgan fingerprint density at radius 3 is 3.07 bits per heavy atom. The Kier molecular flexibility index (Phi) is 2.78. The minimum Gasteiger partial charge on any atom is -0.390 e. The van der Waals surface area contributed by atoms with Crippen molar-refractivity contribution in [3.8, 4) is 0 Å². The number of imidazole rings is 1. The van der Waals surface area contributed by atoms with Gasteiger partial charge in [0.05, 0.1) is 18.6 Å². The van der Waals surface area contributed by atoms with E-state index in [0.717, 1.165) is 11.3 Å². The van der Waals surface area contributed by atoms with Crippen LogP contribution in [0.5, 0.6) is 0 Å². The fraction of sp³-hybridized carbons (Fsp3) is 0.273. The Bertz CT molecular complexity index is 425. The fourth-order valence-corrected chi connectivity index (χ4v) is 1.54. The van der Waals surface area contributed by atoms with Crippen molar-refractivity contribution in [3.05, 3.63) is 47.8 Å². The molecule has 0 radical (unpaired) electrons. The summed E-state index contributed by atoms with van der Waals surface area (Å²) < 4.78 is 0. The van der Waals surface area contributed by atoms with Gasteiger partial charge in [0.15, 0.2) is 0 Å². The largest absolute Gasteiger partial charge is 0.390 e. The highest BCUT2D eigenvalue weighted by atomic mass is 16.3. The third kappa shape index (κ3) is 2.05. The van der Waals surface area contributed by atoms with Crippen LogP contribution < -0.4 is 0 Å². The van der Waals surface area contributed by atoms with Crippen LogP contribution in [0, 0.1) is 0 Å². The van der Waals surface area contributed by atoms with Gasteiger partial charge in [-0.05, 0) is 17.7 Å². The quantitative estimate of drug-likeness (QED) is 0.793. The molecule has 0 aromatic carbocycles. The lowest BCUT2D eigenvalue weighted by atomic mass is 9.99. The van der Waals surface area contributed by atoms with Gasteiger partial charge in [0.2, 0.25) is 0 Å². The van der Waals surface area contributed by atoms with Crippen molar-refractivity contribution < 1.29 is 5.11 Å². The zero-order valence-electron chi connectivity index (χ0n) is 8.51. The molecule has 0 aliphatic carbocycles. The van der Waals surface area contributed by atoms with Crippen molar-refractivity contribution in [2.75, 3.05) is 0 Å². The Hall–Kier alpha value is -1.68. The summed E-state index contributed by atoms with van der Waals surface area (Å²) in [4.78, 5) is 11.1. The maximum Gasteiger partial charge on any atom is 0.0921 e. The molecule has 4 heteroatoms. The highest BCUT2D eigenvalue weighted by molar-refractivity contribution is 5.26. The van der Waals surface area contributed by atoms with E-state index >= 15 is 0 Å². The molecule has 0 aliphatic heterocycles. The Labute approximate surface area is 88.0 Å². The second-order valence-corrected chi connectivity index (χ2v) is 3.47. The van der Waals surface area contributed by atoms with Gasteiger partial charge in [-0.25, -0.2) is 4.98 Å². The van der Waals surface area contributed by atoms with Crippen LogP contribution in [0.2, 0.25) is 0 Å². The highest BCUT2D eigenvalue weighted by Crippen LogP contribution is 2.21. The lowest BCUT2D eigenvalue weighted by molar-refractivity contribution is 0.276. The minimum atomic E-state index is -0.0243. The number of hydrogen-bond acceptors (Lipinski definition) is 3. The van der Waals surface area contributed by atoms with Crippen LogP contribution in [0.1, 0.15) is 29.8 Å². The van der Waals surface area contributed by atoms with Crippen LogP contribution in [-0.2, 0) is 6.61 Å². The molecule has 0 spiro atoms. The zero-order chi connectivity index (χ0) is 10.7. The van der Waals surface area contributed by atoms with E-state index in [1.807, 2.05) is 18.3 Å². The van der Waals surface area contributed by atoms with E-state index in [0.29, 0.717) is 5.69 Å². The molecule has 2 rings (SSSR count). The third-order valence-electron chi connectivity index (χ3n) is 2.49. The molecule has 0 bridgehead atoms. The van der Waals surface area contributed by atoms with Gasteiger partial charge < -0.3 is 10.1 Å². The average Bonchev–Trinajstić information content (AvgIpc) is 2.81. The fourth-order valence-electron chi connectivity index (χ4n) is 1.54. The topological polar surface area (TPSA) is 61.8 Å². The van der Waals surface area contributed by atoms with Crippen LogP contribution in [0.4, 0.5) is 0 Å². The van der Waals surface area contributed by atoms with Crippen molar-refractivity contribution in [2.45, 2.75) is 19.4 Å².